The molecule has 1 aliphatic heterocycles. The highest BCUT2D eigenvalue weighted by molar-refractivity contribution is 5.96. The second-order valence-corrected chi connectivity index (χ2v) is 6.99. The number of carbonyl (C=O) groups is 2. The molecule has 1 aromatic carbocycles. The lowest BCUT2D eigenvalue weighted by molar-refractivity contribution is -0.126. The number of aromatic nitrogens is 1. The number of amides is 2. The summed E-state index contributed by atoms with van der Waals surface area (Å²) in [4.78, 5) is 31.1. The first-order chi connectivity index (χ1) is 14.1. The molecule has 0 atom stereocenters. The third kappa shape index (κ3) is 5.31. The molecular weight excluding hydrogens is 373 g/mol. The van der Waals surface area contributed by atoms with Gasteiger partial charge in [-0.25, -0.2) is 9.37 Å². The number of nitrogens with zero attached hydrogens (tertiary/aromatic N) is 2. The minimum atomic E-state index is -0.254. The van der Waals surface area contributed by atoms with E-state index in [4.69, 9.17) is 4.74 Å². The Bertz CT molecular complexity index is 851. The van der Waals surface area contributed by atoms with Gasteiger partial charge in [-0.1, -0.05) is 18.2 Å². The third-order valence-corrected chi connectivity index (χ3v) is 5.09. The molecular formula is C22H26FN3O3. The molecule has 1 aliphatic rings. The van der Waals surface area contributed by atoms with Gasteiger partial charge in [-0.3, -0.25) is 9.59 Å². The molecule has 1 fully saturated rings. The van der Waals surface area contributed by atoms with Crippen LogP contribution < -0.4 is 10.1 Å². The number of piperidine rings is 1. The van der Waals surface area contributed by atoms with E-state index in [9.17, 15) is 14.0 Å². The molecule has 0 bridgehead atoms. The Hall–Kier alpha value is -2.96. The first kappa shape index (κ1) is 20.8. The average molecular weight is 399 g/mol. The van der Waals surface area contributed by atoms with Gasteiger partial charge in [0.05, 0.1) is 6.61 Å². The Labute approximate surface area is 170 Å². The highest BCUT2D eigenvalue weighted by Crippen LogP contribution is 2.22. The van der Waals surface area contributed by atoms with Crippen molar-refractivity contribution in [2.45, 2.75) is 26.2 Å². The Morgan fingerprint density at radius 3 is 2.69 bits per heavy atom. The molecule has 0 unspecified atom stereocenters. The summed E-state index contributed by atoms with van der Waals surface area (Å²) in [5, 5.41) is 2.89. The lowest BCUT2D eigenvalue weighted by atomic mass is 9.95. The zero-order chi connectivity index (χ0) is 20.6. The minimum Gasteiger partial charge on any atom is -0.477 e. The van der Waals surface area contributed by atoms with Gasteiger partial charge >= 0.3 is 0 Å². The van der Waals surface area contributed by atoms with E-state index in [0.29, 0.717) is 62.5 Å². The van der Waals surface area contributed by atoms with Crippen LogP contribution in [0.1, 0.15) is 35.7 Å². The molecule has 29 heavy (non-hydrogen) atoms. The van der Waals surface area contributed by atoms with Crippen molar-refractivity contribution in [1.29, 1.82) is 0 Å². The number of hydrogen-bond donors (Lipinski definition) is 1. The van der Waals surface area contributed by atoms with Gasteiger partial charge in [0.15, 0.2) is 0 Å². The van der Waals surface area contributed by atoms with Gasteiger partial charge in [-0.2, -0.15) is 0 Å². The number of ether oxygens (including phenoxy) is 1. The number of carbonyl (C=O) groups excluding carboxylic acids is 2. The van der Waals surface area contributed by atoms with Crippen LogP contribution in [0, 0.1) is 11.7 Å². The lowest BCUT2D eigenvalue weighted by Gasteiger charge is -2.31. The maximum Gasteiger partial charge on any atom is 0.259 e. The third-order valence-electron chi connectivity index (χ3n) is 5.09. The fourth-order valence-corrected chi connectivity index (χ4v) is 3.49. The highest BCUT2D eigenvalue weighted by Gasteiger charge is 2.29. The van der Waals surface area contributed by atoms with Gasteiger partial charge < -0.3 is 15.0 Å². The van der Waals surface area contributed by atoms with E-state index in [1.54, 1.807) is 41.4 Å². The van der Waals surface area contributed by atoms with Crippen LogP contribution in [0.3, 0.4) is 0 Å². The van der Waals surface area contributed by atoms with Gasteiger partial charge in [0, 0.05) is 31.7 Å². The number of hydrogen-bond acceptors (Lipinski definition) is 4. The van der Waals surface area contributed by atoms with Crippen LogP contribution in [-0.2, 0) is 11.2 Å². The molecule has 0 saturated carbocycles. The van der Waals surface area contributed by atoms with E-state index < -0.39 is 0 Å². The van der Waals surface area contributed by atoms with Crippen LogP contribution in [-0.4, -0.2) is 47.9 Å². The van der Waals surface area contributed by atoms with Gasteiger partial charge in [-0.15, -0.1) is 0 Å². The number of pyridine rings is 1. The maximum absolute atomic E-state index is 13.6. The summed E-state index contributed by atoms with van der Waals surface area (Å²) in [7, 11) is 0. The van der Waals surface area contributed by atoms with E-state index in [1.165, 1.54) is 6.07 Å². The standard InChI is InChI=1S/C22H26FN3O3/c1-2-29-21-18(7-5-12-25-21)22(28)26-14-10-17(11-15-26)20(27)24-13-9-16-6-3-4-8-19(16)23/h3-8,12,17H,2,9-11,13-15H2,1H3,(H,24,27). The zero-order valence-corrected chi connectivity index (χ0v) is 16.6. The van der Waals surface area contributed by atoms with E-state index in [2.05, 4.69) is 10.3 Å². The molecule has 2 heterocycles. The topological polar surface area (TPSA) is 71.5 Å². The summed E-state index contributed by atoms with van der Waals surface area (Å²) < 4.78 is 19.1. The van der Waals surface area contributed by atoms with Crippen molar-refractivity contribution >= 4 is 11.8 Å². The van der Waals surface area contributed by atoms with Gasteiger partial charge in [0.1, 0.15) is 11.4 Å². The molecule has 0 aliphatic carbocycles. The predicted octanol–water partition coefficient (Wildman–Crippen LogP) is 2.83. The predicted molar refractivity (Wildman–Crippen MR) is 107 cm³/mol. The number of rotatable bonds is 7. The second-order valence-electron chi connectivity index (χ2n) is 6.99. The normalized spacial score (nSPS) is 14.5. The van der Waals surface area contributed by atoms with Crippen molar-refractivity contribution in [3.63, 3.8) is 0 Å². The fourth-order valence-electron chi connectivity index (χ4n) is 3.49. The van der Waals surface area contributed by atoms with E-state index >= 15 is 0 Å². The molecule has 3 rings (SSSR count). The van der Waals surface area contributed by atoms with Gasteiger partial charge in [0.2, 0.25) is 11.8 Å². The molecule has 154 valence electrons. The van der Waals surface area contributed by atoms with Crippen molar-refractivity contribution in [1.82, 2.24) is 15.2 Å². The Balaban J connectivity index is 1.48. The first-order valence-corrected chi connectivity index (χ1v) is 9.98. The van der Waals surface area contributed by atoms with E-state index in [1.807, 2.05) is 6.92 Å². The molecule has 1 N–H and O–H groups in total. The van der Waals surface area contributed by atoms with Crippen molar-refractivity contribution in [2.75, 3.05) is 26.2 Å². The molecule has 7 heteroatoms. The fraction of sp³-hybridized carbons (Fsp3) is 0.409. The maximum atomic E-state index is 13.6. The van der Waals surface area contributed by atoms with E-state index in [-0.39, 0.29) is 23.5 Å². The number of likely N-dealkylation sites (tertiary alicyclic amines) is 1. The van der Waals surface area contributed by atoms with Crippen molar-refractivity contribution in [3.05, 3.63) is 59.5 Å². The quantitative estimate of drug-likeness (QED) is 0.777. The summed E-state index contributed by atoms with van der Waals surface area (Å²) in [5.41, 5.74) is 1.04. The van der Waals surface area contributed by atoms with Crippen LogP contribution in [0.4, 0.5) is 4.39 Å². The average Bonchev–Trinajstić information content (AvgIpc) is 2.75. The Morgan fingerprint density at radius 2 is 1.97 bits per heavy atom. The van der Waals surface area contributed by atoms with Crippen molar-refractivity contribution in [3.8, 4) is 5.88 Å². The highest BCUT2D eigenvalue weighted by atomic mass is 19.1. The summed E-state index contributed by atoms with van der Waals surface area (Å²) in [6.07, 6.45) is 3.25. The summed E-state index contributed by atoms with van der Waals surface area (Å²) in [6, 6.07) is 10.00. The molecule has 2 aromatic rings. The summed E-state index contributed by atoms with van der Waals surface area (Å²) in [6.45, 7) is 3.69. The molecule has 0 radical (unpaired) electrons. The minimum absolute atomic E-state index is 0.0372. The van der Waals surface area contributed by atoms with Gasteiger partial charge in [-0.05, 0) is 49.9 Å². The van der Waals surface area contributed by atoms with Crippen LogP contribution in [0.2, 0.25) is 0 Å². The first-order valence-electron chi connectivity index (χ1n) is 9.98. The van der Waals surface area contributed by atoms with Crippen LogP contribution in [0.25, 0.3) is 0 Å². The number of halogens is 1. The molecule has 1 aromatic heterocycles. The molecule has 6 nitrogen and oxygen atoms in total. The molecule has 1 saturated heterocycles. The van der Waals surface area contributed by atoms with Crippen LogP contribution in [0.5, 0.6) is 5.88 Å². The summed E-state index contributed by atoms with van der Waals surface area (Å²) in [5.74, 6) is -0.215. The Morgan fingerprint density at radius 1 is 1.21 bits per heavy atom. The smallest absolute Gasteiger partial charge is 0.259 e. The van der Waals surface area contributed by atoms with E-state index in [0.717, 1.165) is 0 Å². The zero-order valence-electron chi connectivity index (χ0n) is 16.6. The monoisotopic (exact) mass is 399 g/mol. The van der Waals surface area contributed by atoms with Gasteiger partial charge in [0.25, 0.3) is 5.91 Å². The lowest BCUT2D eigenvalue weighted by Crippen LogP contribution is -2.43. The van der Waals surface area contributed by atoms with Crippen LogP contribution >= 0.6 is 0 Å². The van der Waals surface area contributed by atoms with Crippen molar-refractivity contribution < 1.29 is 18.7 Å². The largest absolute Gasteiger partial charge is 0.477 e. The molecule has 0 spiro atoms. The summed E-state index contributed by atoms with van der Waals surface area (Å²) >= 11 is 0. The molecule has 2 amide bonds. The Kier molecular flexibility index (Phi) is 7.16. The van der Waals surface area contributed by atoms with Crippen LogP contribution in [0.15, 0.2) is 42.6 Å². The SMILES string of the molecule is CCOc1ncccc1C(=O)N1CCC(C(=O)NCCc2ccccc2F)CC1. The number of nitrogens with one attached hydrogen (secondary N) is 1. The number of benzene rings is 1. The van der Waals surface area contributed by atoms with Crippen molar-refractivity contribution in [2.24, 2.45) is 5.92 Å². The second kappa shape index (κ2) is 10.0.